The molecule has 2 aromatic rings. The number of carbonyl (C=O) groups excluding carboxylic acids is 7. The fraction of sp³-hybridized carbons (Fsp3) is 0.595. The van der Waals surface area contributed by atoms with Gasteiger partial charge in [-0.2, -0.15) is 0 Å². The van der Waals surface area contributed by atoms with E-state index >= 15 is 0 Å². The van der Waals surface area contributed by atoms with Gasteiger partial charge in [-0.1, -0.05) is 12.1 Å². The number of hydrogen-bond donors (Lipinski definition) is 4. The number of rotatable bonds is 13. The molecule has 1 aromatic carbocycles. The number of aliphatic carboxylic acids is 1. The lowest BCUT2D eigenvalue weighted by molar-refractivity contribution is -0.154. The van der Waals surface area contributed by atoms with Crippen molar-refractivity contribution in [2.45, 2.75) is 128 Å². The zero-order valence-corrected chi connectivity index (χ0v) is 35.1. The van der Waals surface area contributed by atoms with Crippen LogP contribution in [0.4, 0.5) is 4.79 Å². The molecule has 5 N–H and O–H groups in total. The minimum atomic E-state index is -1.45. The van der Waals surface area contributed by atoms with E-state index in [0.717, 1.165) is 42.6 Å². The Morgan fingerprint density at radius 3 is 2.38 bits per heavy atom. The molecular weight excluding hydrogens is 793 g/mol. The summed E-state index contributed by atoms with van der Waals surface area (Å²) in [5, 5.41) is 14.9. The third-order valence-electron chi connectivity index (χ3n) is 12.2. The van der Waals surface area contributed by atoms with Gasteiger partial charge in [0.25, 0.3) is 5.91 Å². The number of carbonyl (C=O) groups is 8. The molecule has 3 fully saturated rings. The Labute approximate surface area is 352 Å². The third kappa shape index (κ3) is 10.1. The summed E-state index contributed by atoms with van der Waals surface area (Å²) in [6, 6.07) is 2.30. The van der Waals surface area contributed by atoms with Crippen molar-refractivity contribution >= 4 is 59.0 Å². The second-order valence-corrected chi connectivity index (χ2v) is 17.6. The van der Waals surface area contributed by atoms with Crippen molar-refractivity contribution in [1.29, 1.82) is 0 Å². The first-order valence-corrected chi connectivity index (χ1v) is 20.9. The number of ether oxygens (including phenoxy) is 1. The number of nitrogens with two attached hydrogens (primary N) is 1. The van der Waals surface area contributed by atoms with Gasteiger partial charge in [0.1, 0.15) is 29.9 Å². The summed E-state index contributed by atoms with van der Waals surface area (Å²) in [6.45, 7) is 5.02. The van der Waals surface area contributed by atoms with Crippen LogP contribution in [0.2, 0.25) is 0 Å². The lowest BCUT2D eigenvalue weighted by Gasteiger charge is -2.41. The topological polar surface area (TPSA) is 253 Å². The molecule has 0 radical (unpaired) electrons. The minimum absolute atomic E-state index is 0.0918. The van der Waals surface area contributed by atoms with Gasteiger partial charge in [-0.25, -0.2) is 14.4 Å². The van der Waals surface area contributed by atoms with Gasteiger partial charge in [0, 0.05) is 51.4 Å². The van der Waals surface area contributed by atoms with Crippen molar-refractivity contribution in [2.75, 3.05) is 13.1 Å². The highest BCUT2D eigenvalue weighted by Crippen LogP contribution is 2.35. The van der Waals surface area contributed by atoms with E-state index in [1.54, 1.807) is 38.8 Å². The number of nitrogens with one attached hydrogen (secondary N) is 2. The number of fused-ring (bicyclic) bond motifs is 2. The number of alkyl carbamates (subject to hydrolysis) is 1. The van der Waals surface area contributed by atoms with Crippen molar-refractivity contribution in [1.82, 2.24) is 34.5 Å². The van der Waals surface area contributed by atoms with E-state index in [1.165, 1.54) is 14.0 Å². The first-order chi connectivity index (χ1) is 28.8. The predicted molar refractivity (Wildman–Crippen MR) is 218 cm³/mol. The molecule has 1 aromatic heterocycles. The van der Waals surface area contributed by atoms with Crippen LogP contribution < -0.4 is 22.1 Å². The number of primary amides is 1. The Bertz CT molecular complexity index is 2180. The van der Waals surface area contributed by atoms with Crippen molar-refractivity contribution in [2.24, 2.45) is 24.6 Å². The molecule has 3 aliphatic heterocycles. The molecule has 4 aliphatic rings. The smallest absolute Gasteiger partial charge is 0.408 e. The van der Waals surface area contributed by atoms with Gasteiger partial charge >= 0.3 is 17.8 Å². The minimum Gasteiger partial charge on any atom is -0.480 e. The number of piperidine rings is 1. The van der Waals surface area contributed by atoms with Crippen LogP contribution in [-0.2, 0) is 51.8 Å². The normalized spacial score (nSPS) is 23.9. The number of amides is 7. The lowest BCUT2D eigenvalue weighted by Crippen LogP contribution is -2.61. The van der Waals surface area contributed by atoms with Gasteiger partial charge < -0.3 is 30.7 Å². The molecule has 19 nitrogen and oxygen atoms in total. The molecular formula is C42H56N8O11. The van der Waals surface area contributed by atoms with E-state index in [0.29, 0.717) is 29.1 Å². The van der Waals surface area contributed by atoms with Crippen LogP contribution in [0.5, 0.6) is 0 Å². The number of benzene rings is 1. The van der Waals surface area contributed by atoms with Crippen LogP contribution in [0.1, 0.15) is 103 Å². The summed E-state index contributed by atoms with van der Waals surface area (Å²) in [4.78, 5) is 119. The molecule has 0 spiro atoms. The second kappa shape index (κ2) is 18.3. The maximum Gasteiger partial charge on any atom is 0.408 e. The van der Waals surface area contributed by atoms with Crippen molar-refractivity contribution in [3.8, 4) is 0 Å². The molecule has 4 heterocycles. The standard InChI is InChI=1S/C42H56N8O11/c1-42(2,3)61-40(59)44-28-22-47(18-17-27-10-16-35(49(27)38(28)56)48(23-51)31(39(57)58)12-14-33(43)52)36(54)21-25-7-5-24(6-8-25)19-26-9-11-29-32(20-26)46(4)41(60)50(29)30-13-15-34(53)45-37(30)55/h9-11,20,23-25,28,30-31,35H,5-8,12-19,21-22H2,1-4H3,(H2,43,52)(H,44,59)(H,57,58)(H,45,53,55)/t24?,25?,28-,30?,31-,35-/m0/s1. The van der Waals surface area contributed by atoms with Gasteiger partial charge in [0.15, 0.2) is 0 Å². The van der Waals surface area contributed by atoms with E-state index in [9.17, 15) is 48.3 Å². The van der Waals surface area contributed by atoms with E-state index in [1.807, 2.05) is 18.2 Å². The molecule has 1 aliphatic carbocycles. The summed E-state index contributed by atoms with van der Waals surface area (Å²) in [5.41, 5.74) is 6.90. The highest BCUT2D eigenvalue weighted by molar-refractivity contribution is 6.00. The summed E-state index contributed by atoms with van der Waals surface area (Å²) in [5.74, 6) is -3.32. The van der Waals surface area contributed by atoms with Crippen LogP contribution >= 0.6 is 0 Å². The van der Waals surface area contributed by atoms with Crippen LogP contribution in [0, 0.1) is 11.8 Å². The van der Waals surface area contributed by atoms with Crippen LogP contribution in [-0.4, -0.2) is 114 Å². The van der Waals surface area contributed by atoms with Gasteiger partial charge in [0.05, 0.1) is 17.6 Å². The average Bonchev–Trinajstić information content (AvgIpc) is 3.70. The van der Waals surface area contributed by atoms with Crippen molar-refractivity contribution in [3.63, 3.8) is 0 Å². The van der Waals surface area contributed by atoms with Crippen molar-refractivity contribution < 1.29 is 48.2 Å². The highest BCUT2D eigenvalue weighted by atomic mass is 16.6. The molecule has 330 valence electrons. The summed E-state index contributed by atoms with van der Waals surface area (Å²) in [7, 11) is 1.67. The van der Waals surface area contributed by atoms with Crippen LogP contribution in [0.15, 0.2) is 34.8 Å². The largest absolute Gasteiger partial charge is 0.480 e. The number of carboxylic acids is 1. The number of aromatic nitrogens is 2. The maximum atomic E-state index is 14.4. The molecule has 1 saturated carbocycles. The highest BCUT2D eigenvalue weighted by Gasteiger charge is 2.44. The zero-order chi connectivity index (χ0) is 44.3. The second-order valence-electron chi connectivity index (χ2n) is 17.6. The summed E-state index contributed by atoms with van der Waals surface area (Å²) >= 11 is 0. The fourth-order valence-electron chi connectivity index (χ4n) is 9.14. The Kier molecular flexibility index (Phi) is 13.4. The number of hydrogen-bond acceptors (Lipinski definition) is 10. The number of aryl methyl sites for hydroxylation is 1. The predicted octanol–water partition coefficient (Wildman–Crippen LogP) is 1.80. The fourth-order valence-corrected chi connectivity index (χ4v) is 9.14. The molecule has 61 heavy (non-hydrogen) atoms. The Morgan fingerprint density at radius 2 is 1.74 bits per heavy atom. The first kappa shape index (κ1) is 44.5. The molecule has 19 heteroatoms. The number of carboxylic acid groups (broad SMARTS) is 1. The number of nitrogens with zero attached hydrogens (tertiary/aromatic N) is 5. The average molecular weight is 849 g/mol. The quantitative estimate of drug-likeness (QED) is 0.167. The third-order valence-corrected chi connectivity index (χ3v) is 12.2. The van der Waals surface area contributed by atoms with E-state index in [-0.39, 0.29) is 81.5 Å². The molecule has 0 bridgehead atoms. The summed E-state index contributed by atoms with van der Waals surface area (Å²) in [6.07, 6.45) is 4.67. The molecule has 1 unspecified atom stereocenters. The molecule has 4 atom stereocenters. The number of imidazole rings is 1. The molecule has 6 rings (SSSR count). The van der Waals surface area contributed by atoms with Gasteiger partial charge in [-0.15, -0.1) is 0 Å². The van der Waals surface area contributed by atoms with E-state index in [4.69, 9.17) is 10.5 Å². The molecule has 2 saturated heterocycles. The maximum absolute atomic E-state index is 14.4. The zero-order valence-electron chi connectivity index (χ0n) is 35.1. The SMILES string of the molecule is Cn1c(=O)n(C2CCC(=O)NC2=O)c2ccc(CC3CCC(CC(=O)N4CCC5=CC[C@@H](N(C=O)[C@@H](CCC(N)=O)C(=O)O)N5C(=O)[C@@H](NC(=O)OC(C)(C)C)C4)CC3)cc21. The summed E-state index contributed by atoms with van der Waals surface area (Å²) < 4.78 is 8.45. The van der Waals surface area contributed by atoms with Gasteiger partial charge in [-0.3, -0.25) is 48.1 Å². The monoisotopic (exact) mass is 848 g/mol. The Morgan fingerprint density at radius 1 is 1.03 bits per heavy atom. The van der Waals surface area contributed by atoms with Crippen molar-refractivity contribution in [3.05, 3.63) is 46.0 Å². The number of imide groups is 1. The van der Waals surface area contributed by atoms with Crippen LogP contribution in [0.3, 0.4) is 0 Å². The van der Waals surface area contributed by atoms with Gasteiger partial charge in [-0.05, 0) is 95.2 Å². The Hall–Kier alpha value is -6.01. The van der Waals surface area contributed by atoms with E-state index in [2.05, 4.69) is 10.6 Å². The van der Waals surface area contributed by atoms with Gasteiger partial charge in [0.2, 0.25) is 30.0 Å². The van der Waals surface area contributed by atoms with Crippen LogP contribution in [0.25, 0.3) is 11.0 Å². The van der Waals surface area contributed by atoms with E-state index < -0.39 is 59.7 Å². The lowest BCUT2D eigenvalue weighted by atomic mass is 9.78. The molecule has 7 amide bonds. The Balaban J connectivity index is 1.11. The first-order valence-electron chi connectivity index (χ1n) is 20.9.